The highest BCUT2D eigenvalue weighted by molar-refractivity contribution is 7.25. The van der Waals surface area contributed by atoms with Crippen LogP contribution in [0.25, 0.3) is 20.2 Å². The Morgan fingerprint density at radius 3 is 2.42 bits per heavy atom. The van der Waals surface area contributed by atoms with Crippen LogP contribution >= 0.6 is 11.3 Å². The van der Waals surface area contributed by atoms with E-state index in [0.29, 0.717) is 10.8 Å². The SMILES string of the molecule is C/C(F)=C/Oc1ccc2c(sc3c(F)c(CC4C(F)CC(C)CC4(F)F)ccc32)c1F. The highest BCUT2D eigenvalue weighted by Gasteiger charge is 2.49. The van der Waals surface area contributed by atoms with E-state index in [1.54, 1.807) is 6.92 Å². The summed E-state index contributed by atoms with van der Waals surface area (Å²) in [4.78, 5) is 0. The molecule has 0 radical (unpaired) electrons. The fraction of sp³-hybridized carbons (Fsp3) is 0.391. The number of thiophene rings is 1. The van der Waals surface area contributed by atoms with Gasteiger partial charge in [-0.1, -0.05) is 19.1 Å². The summed E-state index contributed by atoms with van der Waals surface area (Å²) in [5.74, 6) is -7.64. The molecule has 4 rings (SSSR count). The van der Waals surface area contributed by atoms with E-state index in [-0.39, 0.29) is 27.1 Å². The highest BCUT2D eigenvalue weighted by atomic mass is 32.1. The van der Waals surface area contributed by atoms with E-state index in [2.05, 4.69) is 0 Å². The van der Waals surface area contributed by atoms with Crippen LogP contribution in [0.2, 0.25) is 0 Å². The molecule has 8 heteroatoms. The molecular weight excluding hydrogens is 438 g/mol. The van der Waals surface area contributed by atoms with Gasteiger partial charge in [0.05, 0.1) is 15.3 Å². The van der Waals surface area contributed by atoms with Gasteiger partial charge in [-0.25, -0.2) is 26.3 Å². The van der Waals surface area contributed by atoms with Gasteiger partial charge in [-0.15, -0.1) is 11.3 Å². The molecule has 1 aromatic heterocycles. The Kier molecular flexibility index (Phi) is 5.70. The fourth-order valence-electron chi connectivity index (χ4n) is 4.28. The minimum Gasteiger partial charge on any atom is -0.459 e. The zero-order chi connectivity index (χ0) is 22.5. The molecule has 3 atom stereocenters. The van der Waals surface area contributed by atoms with Gasteiger partial charge in [0, 0.05) is 17.2 Å². The zero-order valence-corrected chi connectivity index (χ0v) is 17.6. The smallest absolute Gasteiger partial charge is 0.254 e. The van der Waals surface area contributed by atoms with Crippen LogP contribution in [0.1, 0.15) is 32.3 Å². The summed E-state index contributed by atoms with van der Waals surface area (Å²) in [7, 11) is 0. The molecule has 1 aliphatic rings. The van der Waals surface area contributed by atoms with Crippen LogP contribution in [0, 0.1) is 23.5 Å². The van der Waals surface area contributed by atoms with Crippen molar-refractivity contribution in [2.45, 2.75) is 45.2 Å². The summed E-state index contributed by atoms with van der Waals surface area (Å²) in [6, 6.07) is 5.74. The van der Waals surface area contributed by atoms with Crippen LogP contribution in [-0.2, 0) is 6.42 Å². The largest absolute Gasteiger partial charge is 0.459 e. The van der Waals surface area contributed by atoms with Crippen molar-refractivity contribution in [1.82, 2.24) is 0 Å². The van der Waals surface area contributed by atoms with E-state index in [4.69, 9.17) is 4.74 Å². The first-order valence-electron chi connectivity index (χ1n) is 9.91. The van der Waals surface area contributed by atoms with Gasteiger partial charge in [0.25, 0.3) is 5.92 Å². The molecule has 0 amide bonds. The zero-order valence-electron chi connectivity index (χ0n) is 16.8. The topological polar surface area (TPSA) is 9.23 Å². The number of alkyl halides is 3. The predicted octanol–water partition coefficient (Wildman–Crippen LogP) is 8.10. The number of benzene rings is 2. The van der Waals surface area contributed by atoms with Gasteiger partial charge in [0.1, 0.15) is 24.1 Å². The van der Waals surface area contributed by atoms with Crippen LogP contribution in [0.4, 0.5) is 26.3 Å². The van der Waals surface area contributed by atoms with Crippen LogP contribution in [0.3, 0.4) is 0 Å². The van der Waals surface area contributed by atoms with Gasteiger partial charge in [0.2, 0.25) is 0 Å². The molecule has 3 aromatic rings. The molecule has 1 nitrogen and oxygen atoms in total. The molecule has 1 saturated carbocycles. The molecule has 0 N–H and O–H groups in total. The first-order chi connectivity index (χ1) is 14.6. The van der Waals surface area contributed by atoms with Crippen molar-refractivity contribution in [2.24, 2.45) is 11.8 Å². The van der Waals surface area contributed by atoms with Crippen molar-refractivity contribution in [3.63, 3.8) is 0 Å². The number of ether oxygens (including phenoxy) is 1. The number of halogens is 6. The summed E-state index contributed by atoms with van der Waals surface area (Å²) in [5, 5.41) is 0.848. The first kappa shape index (κ1) is 22.0. The van der Waals surface area contributed by atoms with Gasteiger partial charge >= 0.3 is 0 Å². The molecule has 0 aliphatic heterocycles. The Balaban J connectivity index is 1.74. The van der Waals surface area contributed by atoms with Crippen molar-refractivity contribution in [2.75, 3.05) is 0 Å². The summed E-state index contributed by atoms with van der Waals surface area (Å²) in [6.07, 6.45) is -1.80. The maximum absolute atomic E-state index is 15.2. The number of hydrogen-bond donors (Lipinski definition) is 0. The summed E-state index contributed by atoms with van der Waals surface area (Å²) in [6.45, 7) is 2.73. The third kappa shape index (κ3) is 4.02. The van der Waals surface area contributed by atoms with Crippen molar-refractivity contribution < 1.29 is 31.1 Å². The summed E-state index contributed by atoms with van der Waals surface area (Å²) < 4.78 is 91.4. The van der Waals surface area contributed by atoms with Crippen LogP contribution in [-0.4, -0.2) is 12.1 Å². The maximum Gasteiger partial charge on any atom is 0.254 e. The van der Waals surface area contributed by atoms with Gasteiger partial charge < -0.3 is 4.74 Å². The van der Waals surface area contributed by atoms with E-state index >= 15 is 4.39 Å². The average molecular weight is 458 g/mol. The Morgan fingerprint density at radius 2 is 1.77 bits per heavy atom. The molecule has 1 heterocycles. The molecule has 2 aromatic carbocycles. The minimum atomic E-state index is -3.22. The molecule has 1 fully saturated rings. The molecule has 31 heavy (non-hydrogen) atoms. The summed E-state index contributed by atoms with van der Waals surface area (Å²) >= 11 is 0.815. The predicted molar refractivity (Wildman–Crippen MR) is 110 cm³/mol. The molecule has 166 valence electrons. The summed E-state index contributed by atoms with van der Waals surface area (Å²) in [5.41, 5.74) is -0.0196. The standard InChI is InChI=1S/C23H20F6OS/c1-11-7-17(25)16(23(28,29)9-11)8-13-3-4-14-15-5-6-18(30-10-12(2)24)20(27)22(15)31-21(14)19(13)26/h3-6,10-11,16-17H,7-9H2,1-2H3/b12-10-. The van der Waals surface area contributed by atoms with E-state index in [1.807, 2.05) is 0 Å². The first-order valence-corrected chi connectivity index (χ1v) is 10.7. The molecular formula is C23H20F6OS. The van der Waals surface area contributed by atoms with Gasteiger partial charge in [-0.05, 0) is 43.4 Å². The number of hydrogen-bond acceptors (Lipinski definition) is 2. The third-order valence-corrected chi connectivity index (χ3v) is 6.95. The lowest BCUT2D eigenvalue weighted by molar-refractivity contribution is -0.129. The van der Waals surface area contributed by atoms with Gasteiger partial charge in [0.15, 0.2) is 11.6 Å². The van der Waals surface area contributed by atoms with Gasteiger partial charge in [-0.2, -0.15) is 0 Å². The van der Waals surface area contributed by atoms with Crippen molar-refractivity contribution in [3.05, 3.63) is 53.6 Å². The molecule has 3 unspecified atom stereocenters. The van der Waals surface area contributed by atoms with Crippen LogP contribution in [0.5, 0.6) is 5.75 Å². The van der Waals surface area contributed by atoms with Gasteiger partial charge in [-0.3, -0.25) is 0 Å². The van der Waals surface area contributed by atoms with E-state index < -0.39 is 54.2 Å². The average Bonchev–Trinajstić information content (AvgIpc) is 3.05. The van der Waals surface area contributed by atoms with E-state index in [0.717, 1.165) is 24.5 Å². The number of fused-ring (bicyclic) bond motifs is 3. The van der Waals surface area contributed by atoms with Crippen LogP contribution < -0.4 is 4.74 Å². The molecule has 1 aliphatic carbocycles. The maximum atomic E-state index is 15.2. The normalized spacial score (nSPS) is 24.1. The lowest BCUT2D eigenvalue weighted by atomic mass is 9.75. The van der Waals surface area contributed by atoms with Crippen LogP contribution in [0.15, 0.2) is 36.4 Å². The highest BCUT2D eigenvalue weighted by Crippen LogP contribution is 2.46. The Hall–Kier alpha value is -2.22. The third-order valence-electron chi connectivity index (χ3n) is 5.75. The number of allylic oxidation sites excluding steroid dienone is 1. The van der Waals surface area contributed by atoms with Crippen molar-refractivity contribution >= 4 is 31.5 Å². The Morgan fingerprint density at radius 1 is 1.13 bits per heavy atom. The second-order valence-corrected chi connectivity index (χ2v) is 9.25. The van der Waals surface area contributed by atoms with E-state index in [1.165, 1.54) is 24.3 Å². The lowest BCUT2D eigenvalue weighted by Gasteiger charge is -2.37. The fourth-order valence-corrected chi connectivity index (χ4v) is 5.47. The molecule has 0 saturated heterocycles. The second kappa shape index (κ2) is 8.04. The van der Waals surface area contributed by atoms with Crippen molar-refractivity contribution in [1.29, 1.82) is 0 Å². The Labute approximate surface area is 179 Å². The molecule has 0 spiro atoms. The minimum absolute atomic E-state index is 0.0196. The molecule has 0 bridgehead atoms. The van der Waals surface area contributed by atoms with Crippen molar-refractivity contribution in [3.8, 4) is 5.75 Å². The number of rotatable bonds is 4. The second-order valence-electron chi connectivity index (χ2n) is 8.23. The lowest BCUT2D eigenvalue weighted by Crippen LogP contribution is -2.43. The van der Waals surface area contributed by atoms with E-state index in [9.17, 15) is 22.0 Å². The quantitative estimate of drug-likeness (QED) is 0.283. The monoisotopic (exact) mass is 458 g/mol. The Bertz CT molecular complexity index is 1160.